The van der Waals surface area contributed by atoms with Crippen molar-refractivity contribution in [2.75, 3.05) is 13.2 Å². The van der Waals surface area contributed by atoms with Gasteiger partial charge in [-0.3, -0.25) is 4.90 Å². The van der Waals surface area contributed by atoms with Crippen LogP contribution in [0, 0.1) is 5.92 Å². The molecule has 1 aliphatic rings. The van der Waals surface area contributed by atoms with Crippen LogP contribution in [-0.4, -0.2) is 29.2 Å². The van der Waals surface area contributed by atoms with Crippen molar-refractivity contribution in [1.82, 2.24) is 4.90 Å². The summed E-state index contributed by atoms with van der Waals surface area (Å²) in [5.41, 5.74) is 1.37. The highest BCUT2D eigenvalue weighted by Crippen LogP contribution is 2.34. The predicted molar refractivity (Wildman–Crippen MR) is 93.8 cm³/mol. The Bertz CT molecular complexity index is 392. The Hall–Kier alpha value is -0.860. The third-order valence-corrected chi connectivity index (χ3v) is 5.13. The monoisotopic (exact) mass is 303 g/mol. The van der Waals surface area contributed by atoms with E-state index in [1.807, 2.05) is 0 Å². The summed E-state index contributed by atoms with van der Waals surface area (Å²) in [6.45, 7) is 4.34. The molecular formula is C20H33NO. The van der Waals surface area contributed by atoms with Gasteiger partial charge in [-0.25, -0.2) is 0 Å². The summed E-state index contributed by atoms with van der Waals surface area (Å²) in [6, 6.07) is 11.4. The Morgan fingerprint density at radius 2 is 1.91 bits per heavy atom. The molecule has 1 saturated carbocycles. The van der Waals surface area contributed by atoms with E-state index in [2.05, 4.69) is 42.2 Å². The molecule has 1 aliphatic carbocycles. The van der Waals surface area contributed by atoms with E-state index in [4.69, 9.17) is 0 Å². The first-order valence-corrected chi connectivity index (χ1v) is 9.24. The van der Waals surface area contributed by atoms with E-state index in [9.17, 15) is 5.11 Å². The highest BCUT2D eigenvalue weighted by atomic mass is 16.3. The van der Waals surface area contributed by atoms with Crippen molar-refractivity contribution in [3.63, 3.8) is 0 Å². The summed E-state index contributed by atoms with van der Waals surface area (Å²) in [5.74, 6) is 0.840. The number of rotatable bonds is 10. The van der Waals surface area contributed by atoms with Gasteiger partial charge in [0.15, 0.2) is 0 Å². The second-order valence-electron chi connectivity index (χ2n) is 6.79. The van der Waals surface area contributed by atoms with Crippen LogP contribution in [0.5, 0.6) is 0 Å². The molecule has 1 aromatic carbocycles. The van der Waals surface area contributed by atoms with Gasteiger partial charge in [-0.15, -0.1) is 0 Å². The van der Waals surface area contributed by atoms with E-state index >= 15 is 0 Å². The number of aliphatic hydroxyl groups is 1. The lowest BCUT2D eigenvalue weighted by molar-refractivity contribution is 0.115. The predicted octanol–water partition coefficient (Wildman–Crippen LogP) is 4.62. The van der Waals surface area contributed by atoms with Crippen LogP contribution >= 0.6 is 0 Å². The van der Waals surface area contributed by atoms with Gasteiger partial charge in [-0.1, -0.05) is 69.4 Å². The standard InChI is InChI=1S/C20H33NO/c1-2-3-4-8-12-19-13-9-14-20(19)21(15-16-22)17-18-10-6-5-7-11-18/h5-7,10-11,19-20,22H,2-4,8-9,12-17H2,1H3/t19-,20-/m1/s1. The molecule has 124 valence electrons. The van der Waals surface area contributed by atoms with Crippen LogP contribution in [0.25, 0.3) is 0 Å². The molecule has 1 fully saturated rings. The lowest BCUT2D eigenvalue weighted by Gasteiger charge is -2.33. The summed E-state index contributed by atoms with van der Waals surface area (Å²) >= 11 is 0. The Labute approximate surface area is 136 Å². The minimum absolute atomic E-state index is 0.270. The van der Waals surface area contributed by atoms with Crippen LogP contribution in [0.4, 0.5) is 0 Å². The molecule has 0 aliphatic heterocycles. The van der Waals surface area contributed by atoms with Crippen LogP contribution in [-0.2, 0) is 6.54 Å². The van der Waals surface area contributed by atoms with Gasteiger partial charge in [0.05, 0.1) is 6.61 Å². The van der Waals surface area contributed by atoms with Crippen molar-refractivity contribution >= 4 is 0 Å². The van der Waals surface area contributed by atoms with Crippen molar-refractivity contribution in [2.45, 2.75) is 70.9 Å². The van der Waals surface area contributed by atoms with Crippen LogP contribution < -0.4 is 0 Å². The van der Waals surface area contributed by atoms with Crippen LogP contribution in [0.2, 0.25) is 0 Å². The van der Waals surface area contributed by atoms with Gasteiger partial charge in [0.25, 0.3) is 0 Å². The zero-order valence-corrected chi connectivity index (χ0v) is 14.2. The summed E-state index contributed by atoms with van der Waals surface area (Å²) in [7, 11) is 0. The van der Waals surface area contributed by atoms with E-state index in [0.717, 1.165) is 19.0 Å². The Morgan fingerprint density at radius 1 is 1.09 bits per heavy atom. The van der Waals surface area contributed by atoms with E-state index < -0.39 is 0 Å². The van der Waals surface area contributed by atoms with Gasteiger partial charge in [0, 0.05) is 19.1 Å². The van der Waals surface area contributed by atoms with Crippen molar-refractivity contribution in [3.05, 3.63) is 35.9 Å². The molecule has 1 aromatic rings. The molecule has 22 heavy (non-hydrogen) atoms. The van der Waals surface area contributed by atoms with E-state index in [-0.39, 0.29) is 6.61 Å². The van der Waals surface area contributed by atoms with Gasteiger partial charge >= 0.3 is 0 Å². The van der Waals surface area contributed by atoms with Crippen LogP contribution in [0.3, 0.4) is 0 Å². The molecule has 2 atom stereocenters. The normalized spacial score (nSPS) is 21.6. The topological polar surface area (TPSA) is 23.5 Å². The summed E-state index contributed by atoms with van der Waals surface area (Å²) in [5, 5.41) is 9.47. The second kappa shape index (κ2) is 10.0. The highest BCUT2D eigenvalue weighted by molar-refractivity contribution is 5.14. The van der Waals surface area contributed by atoms with E-state index in [0.29, 0.717) is 6.04 Å². The number of benzene rings is 1. The van der Waals surface area contributed by atoms with Gasteiger partial charge in [0.2, 0.25) is 0 Å². The van der Waals surface area contributed by atoms with E-state index in [1.165, 1.54) is 56.9 Å². The fraction of sp³-hybridized carbons (Fsp3) is 0.700. The third kappa shape index (κ3) is 5.40. The van der Waals surface area contributed by atoms with Crippen molar-refractivity contribution < 1.29 is 5.11 Å². The Morgan fingerprint density at radius 3 is 2.64 bits per heavy atom. The maximum atomic E-state index is 9.47. The van der Waals surface area contributed by atoms with Crippen LogP contribution in [0.15, 0.2) is 30.3 Å². The van der Waals surface area contributed by atoms with Gasteiger partial charge in [-0.2, -0.15) is 0 Å². The number of hydrogen-bond donors (Lipinski definition) is 1. The molecule has 2 nitrogen and oxygen atoms in total. The molecule has 0 amide bonds. The first-order valence-electron chi connectivity index (χ1n) is 9.24. The second-order valence-corrected chi connectivity index (χ2v) is 6.79. The number of hydrogen-bond acceptors (Lipinski definition) is 2. The molecule has 2 heteroatoms. The zero-order valence-electron chi connectivity index (χ0n) is 14.2. The Balaban J connectivity index is 1.91. The highest BCUT2D eigenvalue weighted by Gasteiger charge is 2.31. The molecule has 2 rings (SSSR count). The zero-order chi connectivity index (χ0) is 15.6. The number of unbranched alkanes of at least 4 members (excludes halogenated alkanes) is 3. The average molecular weight is 303 g/mol. The molecule has 1 N–H and O–H groups in total. The first kappa shape index (κ1) is 17.5. The lowest BCUT2D eigenvalue weighted by atomic mass is 9.94. The molecular weight excluding hydrogens is 270 g/mol. The minimum Gasteiger partial charge on any atom is -0.395 e. The molecule has 0 spiro atoms. The molecule has 0 aromatic heterocycles. The smallest absolute Gasteiger partial charge is 0.0558 e. The summed E-state index contributed by atoms with van der Waals surface area (Å²) in [4.78, 5) is 2.53. The largest absolute Gasteiger partial charge is 0.395 e. The average Bonchev–Trinajstić information content (AvgIpc) is 3.00. The molecule has 0 radical (unpaired) electrons. The van der Waals surface area contributed by atoms with Crippen molar-refractivity contribution in [1.29, 1.82) is 0 Å². The molecule has 0 heterocycles. The van der Waals surface area contributed by atoms with Crippen LogP contribution in [0.1, 0.15) is 63.9 Å². The van der Waals surface area contributed by atoms with E-state index in [1.54, 1.807) is 0 Å². The van der Waals surface area contributed by atoms with Gasteiger partial charge in [0.1, 0.15) is 0 Å². The summed E-state index contributed by atoms with van der Waals surface area (Å²) in [6.07, 6.45) is 10.9. The number of aliphatic hydroxyl groups excluding tert-OH is 1. The minimum atomic E-state index is 0.270. The number of nitrogens with zero attached hydrogens (tertiary/aromatic N) is 1. The first-order chi connectivity index (χ1) is 10.8. The van der Waals surface area contributed by atoms with Gasteiger partial charge in [-0.05, 0) is 30.7 Å². The Kier molecular flexibility index (Phi) is 7.96. The quantitative estimate of drug-likeness (QED) is 0.638. The fourth-order valence-corrected chi connectivity index (χ4v) is 3.98. The SMILES string of the molecule is CCCCCC[C@@H]1CCC[C@H]1N(CCO)Cc1ccccc1. The fourth-order valence-electron chi connectivity index (χ4n) is 3.98. The van der Waals surface area contributed by atoms with Gasteiger partial charge < -0.3 is 5.11 Å². The third-order valence-electron chi connectivity index (χ3n) is 5.13. The molecule has 0 unspecified atom stereocenters. The lowest BCUT2D eigenvalue weighted by Crippen LogP contribution is -2.39. The molecule has 0 bridgehead atoms. The maximum Gasteiger partial charge on any atom is 0.0558 e. The van der Waals surface area contributed by atoms with Crippen molar-refractivity contribution in [3.8, 4) is 0 Å². The maximum absolute atomic E-state index is 9.47. The molecule has 0 saturated heterocycles. The van der Waals surface area contributed by atoms with Crippen molar-refractivity contribution in [2.24, 2.45) is 5.92 Å². The summed E-state index contributed by atoms with van der Waals surface area (Å²) < 4.78 is 0.